The summed E-state index contributed by atoms with van der Waals surface area (Å²) in [7, 11) is 1.72. The number of nitrogens with one attached hydrogen (secondary N) is 1. The van der Waals surface area contributed by atoms with Gasteiger partial charge < -0.3 is 10.6 Å². The highest BCUT2D eigenvalue weighted by atomic mass is 16.2. The number of carbonyl (C=O) groups excluding carboxylic acids is 1. The van der Waals surface area contributed by atoms with Crippen LogP contribution in [0.4, 0.5) is 5.82 Å². The number of fused-ring (bicyclic) bond motifs is 1. The lowest BCUT2D eigenvalue weighted by Crippen LogP contribution is -2.27. The highest BCUT2D eigenvalue weighted by Gasteiger charge is 2.15. The first-order valence-corrected chi connectivity index (χ1v) is 6.53. The summed E-state index contributed by atoms with van der Waals surface area (Å²) < 4.78 is 0. The van der Waals surface area contributed by atoms with Gasteiger partial charge in [0.1, 0.15) is 11.5 Å². The Morgan fingerprint density at radius 2 is 2.19 bits per heavy atom. The van der Waals surface area contributed by atoms with E-state index in [1.807, 2.05) is 24.3 Å². The van der Waals surface area contributed by atoms with E-state index in [4.69, 9.17) is 5.73 Å². The number of benzene rings is 1. The van der Waals surface area contributed by atoms with Crippen molar-refractivity contribution >= 4 is 22.5 Å². The monoisotopic (exact) mass is 281 g/mol. The maximum atomic E-state index is 12.4. The Hall–Kier alpha value is -2.89. The van der Waals surface area contributed by atoms with Crippen LogP contribution < -0.4 is 5.73 Å². The lowest BCUT2D eigenvalue weighted by Gasteiger charge is -2.16. The number of nitrogens with zero attached hydrogens (tertiary/aromatic N) is 3. The van der Waals surface area contributed by atoms with Crippen LogP contribution in [0, 0.1) is 0 Å². The van der Waals surface area contributed by atoms with Crippen LogP contribution >= 0.6 is 0 Å². The number of nitrogen functional groups attached to an aromatic ring is 1. The largest absolute Gasteiger partial charge is 0.383 e. The second-order valence-electron chi connectivity index (χ2n) is 4.88. The van der Waals surface area contributed by atoms with Gasteiger partial charge >= 0.3 is 0 Å². The molecule has 0 aliphatic carbocycles. The van der Waals surface area contributed by atoms with Gasteiger partial charge in [-0.15, -0.1) is 0 Å². The number of carbonyl (C=O) groups is 1. The van der Waals surface area contributed by atoms with Crippen LogP contribution in [-0.4, -0.2) is 33.0 Å². The topological polar surface area (TPSA) is 87.9 Å². The van der Waals surface area contributed by atoms with Crippen molar-refractivity contribution in [2.45, 2.75) is 6.54 Å². The minimum Gasteiger partial charge on any atom is -0.383 e. The number of amides is 1. The van der Waals surface area contributed by atoms with Crippen molar-refractivity contribution in [3.63, 3.8) is 0 Å². The Morgan fingerprint density at radius 3 is 2.95 bits per heavy atom. The van der Waals surface area contributed by atoms with Gasteiger partial charge in [0.05, 0.1) is 6.20 Å². The smallest absolute Gasteiger partial charge is 0.272 e. The number of aromatic nitrogens is 3. The molecule has 0 bridgehead atoms. The summed E-state index contributed by atoms with van der Waals surface area (Å²) >= 11 is 0. The van der Waals surface area contributed by atoms with Crippen molar-refractivity contribution < 1.29 is 4.79 Å². The highest BCUT2D eigenvalue weighted by Crippen LogP contribution is 2.20. The predicted molar refractivity (Wildman–Crippen MR) is 80.5 cm³/mol. The Balaban J connectivity index is 1.90. The highest BCUT2D eigenvalue weighted by molar-refractivity contribution is 5.99. The molecule has 1 amide bonds. The molecule has 21 heavy (non-hydrogen) atoms. The summed E-state index contributed by atoms with van der Waals surface area (Å²) in [6, 6.07) is 9.37. The first-order chi connectivity index (χ1) is 10.1. The number of nitrogens with two attached hydrogens (primary N) is 1. The zero-order valence-electron chi connectivity index (χ0n) is 11.6. The van der Waals surface area contributed by atoms with Crippen molar-refractivity contribution in [2.24, 2.45) is 0 Å². The first kappa shape index (κ1) is 13.1. The number of H-pyrrole nitrogens is 1. The zero-order valence-corrected chi connectivity index (χ0v) is 11.6. The molecule has 0 spiro atoms. The molecule has 0 atom stereocenters. The third kappa shape index (κ3) is 2.55. The SMILES string of the molecule is CN(Cc1cn[nH]c1)C(=O)c1cc2ccccc2c(N)n1. The summed E-state index contributed by atoms with van der Waals surface area (Å²) in [6.07, 6.45) is 3.44. The Kier molecular flexibility index (Phi) is 3.27. The lowest BCUT2D eigenvalue weighted by molar-refractivity contribution is 0.0779. The third-order valence-electron chi connectivity index (χ3n) is 3.31. The molecule has 106 valence electrons. The maximum absolute atomic E-state index is 12.4. The molecule has 1 aromatic carbocycles. The van der Waals surface area contributed by atoms with Gasteiger partial charge in [-0.1, -0.05) is 24.3 Å². The molecule has 2 heterocycles. The van der Waals surface area contributed by atoms with Gasteiger partial charge in [0.15, 0.2) is 0 Å². The molecule has 0 unspecified atom stereocenters. The van der Waals surface area contributed by atoms with Crippen molar-refractivity contribution in [1.82, 2.24) is 20.1 Å². The fraction of sp³-hybridized carbons (Fsp3) is 0.133. The average molecular weight is 281 g/mol. The van der Waals surface area contributed by atoms with E-state index < -0.39 is 0 Å². The number of hydrogen-bond acceptors (Lipinski definition) is 4. The first-order valence-electron chi connectivity index (χ1n) is 6.53. The molecule has 0 radical (unpaired) electrons. The van der Waals surface area contributed by atoms with E-state index in [1.54, 1.807) is 30.4 Å². The Bertz CT molecular complexity index is 782. The van der Waals surface area contributed by atoms with E-state index in [2.05, 4.69) is 15.2 Å². The fourth-order valence-electron chi connectivity index (χ4n) is 2.24. The molecule has 0 aliphatic heterocycles. The van der Waals surface area contributed by atoms with E-state index >= 15 is 0 Å². The van der Waals surface area contributed by atoms with E-state index in [9.17, 15) is 4.79 Å². The number of pyridine rings is 1. The number of hydrogen-bond donors (Lipinski definition) is 2. The molecule has 0 saturated heterocycles. The minimum absolute atomic E-state index is 0.173. The summed E-state index contributed by atoms with van der Waals surface area (Å²) in [4.78, 5) is 18.2. The van der Waals surface area contributed by atoms with E-state index in [0.29, 0.717) is 18.1 Å². The summed E-state index contributed by atoms with van der Waals surface area (Å²) in [5, 5.41) is 8.35. The van der Waals surface area contributed by atoms with Crippen LogP contribution in [0.2, 0.25) is 0 Å². The second kappa shape index (κ2) is 5.24. The Labute approximate surface area is 121 Å². The molecule has 0 aliphatic rings. The number of rotatable bonds is 3. The normalized spacial score (nSPS) is 10.7. The Morgan fingerprint density at radius 1 is 1.38 bits per heavy atom. The van der Waals surface area contributed by atoms with Gasteiger partial charge in [0.2, 0.25) is 0 Å². The van der Waals surface area contributed by atoms with Crippen LogP contribution in [-0.2, 0) is 6.54 Å². The summed E-state index contributed by atoms with van der Waals surface area (Å²) in [5.41, 5.74) is 7.21. The van der Waals surface area contributed by atoms with Gasteiger partial charge in [0, 0.05) is 30.7 Å². The molecule has 3 N–H and O–H groups in total. The van der Waals surface area contributed by atoms with Crippen molar-refractivity contribution in [3.05, 3.63) is 54.0 Å². The molecular weight excluding hydrogens is 266 g/mol. The van der Waals surface area contributed by atoms with Gasteiger partial charge in [-0.3, -0.25) is 9.89 Å². The molecule has 2 aromatic heterocycles. The second-order valence-corrected chi connectivity index (χ2v) is 4.88. The number of anilines is 1. The summed E-state index contributed by atoms with van der Waals surface area (Å²) in [5.74, 6) is 0.196. The van der Waals surface area contributed by atoms with Crippen LogP contribution in [0.25, 0.3) is 10.8 Å². The quantitative estimate of drug-likeness (QED) is 0.766. The van der Waals surface area contributed by atoms with Crippen LogP contribution in [0.3, 0.4) is 0 Å². The van der Waals surface area contributed by atoms with Crippen molar-refractivity contribution in [3.8, 4) is 0 Å². The van der Waals surface area contributed by atoms with Crippen molar-refractivity contribution in [1.29, 1.82) is 0 Å². The number of aromatic amines is 1. The lowest BCUT2D eigenvalue weighted by atomic mass is 10.1. The van der Waals surface area contributed by atoms with E-state index in [1.165, 1.54) is 0 Å². The zero-order chi connectivity index (χ0) is 14.8. The van der Waals surface area contributed by atoms with Crippen LogP contribution in [0.5, 0.6) is 0 Å². The predicted octanol–water partition coefficient (Wildman–Crippen LogP) is 1.81. The standard InChI is InChI=1S/C15H15N5O/c1-20(9-10-7-17-18-8-10)15(21)13-6-11-4-2-3-5-12(11)14(16)19-13/h2-8H,9H2,1H3,(H2,16,19)(H,17,18). The van der Waals surface area contributed by atoms with Crippen LogP contribution in [0.15, 0.2) is 42.7 Å². The fourth-order valence-corrected chi connectivity index (χ4v) is 2.24. The van der Waals surface area contributed by atoms with Gasteiger partial charge in [-0.25, -0.2) is 4.98 Å². The molecular formula is C15H15N5O. The maximum Gasteiger partial charge on any atom is 0.272 e. The summed E-state index contributed by atoms with van der Waals surface area (Å²) in [6.45, 7) is 0.462. The van der Waals surface area contributed by atoms with Gasteiger partial charge in [-0.2, -0.15) is 5.10 Å². The van der Waals surface area contributed by atoms with E-state index in [-0.39, 0.29) is 5.91 Å². The average Bonchev–Trinajstić information content (AvgIpc) is 2.99. The molecule has 6 heteroatoms. The third-order valence-corrected chi connectivity index (χ3v) is 3.31. The molecule has 3 rings (SSSR count). The van der Waals surface area contributed by atoms with Gasteiger partial charge in [-0.05, 0) is 11.5 Å². The van der Waals surface area contributed by atoms with E-state index in [0.717, 1.165) is 16.3 Å². The molecule has 6 nitrogen and oxygen atoms in total. The molecule has 0 saturated carbocycles. The molecule has 3 aromatic rings. The molecule has 0 fully saturated rings. The minimum atomic E-state index is -0.173. The van der Waals surface area contributed by atoms with Gasteiger partial charge in [0.25, 0.3) is 5.91 Å². The van der Waals surface area contributed by atoms with Crippen molar-refractivity contribution in [2.75, 3.05) is 12.8 Å². The van der Waals surface area contributed by atoms with Crippen LogP contribution in [0.1, 0.15) is 16.1 Å².